The van der Waals surface area contributed by atoms with Gasteiger partial charge in [-0.1, -0.05) is 0 Å². The van der Waals surface area contributed by atoms with Crippen LogP contribution in [0.15, 0.2) is 18.6 Å². The fourth-order valence-electron chi connectivity index (χ4n) is 1.07. The van der Waals surface area contributed by atoms with Crippen LogP contribution < -0.4 is 0 Å². The maximum atomic E-state index is 10.9. The third-order valence-corrected chi connectivity index (χ3v) is 2.70. The molecule has 0 spiro atoms. The van der Waals surface area contributed by atoms with Crippen molar-refractivity contribution >= 4 is 22.3 Å². The standard InChI is InChI=1S/C8H8N2O2S/c1-12-7(11)4-6-5-10-3-2-9-8(10)13-6/h2-3,5H,4H2,1H3. The smallest absolute Gasteiger partial charge is 0.310 e. The Morgan fingerprint density at radius 1 is 1.77 bits per heavy atom. The van der Waals surface area contributed by atoms with Crippen molar-refractivity contribution in [2.45, 2.75) is 6.42 Å². The van der Waals surface area contributed by atoms with Crippen molar-refractivity contribution < 1.29 is 9.53 Å². The summed E-state index contributed by atoms with van der Waals surface area (Å²) < 4.78 is 6.46. The maximum Gasteiger partial charge on any atom is 0.310 e. The molecule has 5 heteroatoms. The Kier molecular flexibility index (Phi) is 2.02. The quantitative estimate of drug-likeness (QED) is 0.676. The predicted molar refractivity (Wildman–Crippen MR) is 48.8 cm³/mol. The summed E-state index contributed by atoms with van der Waals surface area (Å²) in [6.07, 6.45) is 5.80. The topological polar surface area (TPSA) is 43.6 Å². The molecule has 0 fully saturated rings. The number of esters is 1. The lowest BCUT2D eigenvalue weighted by Crippen LogP contribution is -2.02. The molecule has 0 N–H and O–H groups in total. The highest BCUT2D eigenvalue weighted by Gasteiger charge is 2.07. The summed E-state index contributed by atoms with van der Waals surface area (Å²) in [4.78, 5) is 16.9. The molecule has 13 heavy (non-hydrogen) atoms. The number of imidazole rings is 1. The number of carbonyl (C=O) groups is 1. The van der Waals surface area contributed by atoms with E-state index in [1.807, 2.05) is 16.8 Å². The highest BCUT2D eigenvalue weighted by Crippen LogP contribution is 2.16. The third-order valence-electron chi connectivity index (χ3n) is 1.68. The molecule has 0 bridgehead atoms. The molecule has 0 saturated heterocycles. The molecular weight excluding hydrogens is 188 g/mol. The molecule has 2 rings (SSSR count). The highest BCUT2D eigenvalue weighted by molar-refractivity contribution is 7.17. The van der Waals surface area contributed by atoms with E-state index in [1.54, 1.807) is 6.20 Å². The lowest BCUT2D eigenvalue weighted by atomic mass is 10.4. The number of rotatable bonds is 2. The van der Waals surface area contributed by atoms with Gasteiger partial charge in [0, 0.05) is 23.5 Å². The van der Waals surface area contributed by atoms with Gasteiger partial charge < -0.3 is 4.74 Å². The van der Waals surface area contributed by atoms with Crippen molar-refractivity contribution in [3.63, 3.8) is 0 Å². The molecule has 2 aromatic heterocycles. The average Bonchev–Trinajstić information content (AvgIpc) is 2.63. The summed E-state index contributed by atoms with van der Waals surface area (Å²) in [6.45, 7) is 0. The van der Waals surface area contributed by atoms with Gasteiger partial charge in [0.1, 0.15) is 0 Å². The first kappa shape index (κ1) is 8.25. The third kappa shape index (κ3) is 1.55. The summed E-state index contributed by atoms with van der Waals surface area (Å²) in [5, 5.41) is 0. The van der Waals surface area contributed by atoms with E-state index in [1.165, 1.54) is 18.4 Å². The molecule has 0 unspecified atom stereocenters. The first-order chi connectivity index (χ1) is 6.29. The number of aromatic nitrogens is 2. The monoisotopic (exact) mass is 196 g/mol. The van der Waals surface area contributed by atoms with Gasteiger partial charge in [0.2, 0.25) is 0 Å². The van der Waals surface area contributed by atoms with Crippen LogP contribution >= 0.6 is 11.3 Å². The van der Waals surface area contributed by atoms with Gasteiger partial charge in [-0.2, -0.15) is 0 Å². The first-order valence-corrected chi connectivity index (χ1v) is 4.59. The van der Waals surface area contributed by atoms with Gasteiger partial charge in [-0.15, -0.1) is 11.3 Å². The lowest BCUT2D eigenvalue weighted by molar-refractivity contribution is -0.139. The average molecular weight is 196 g/mol. The Balaban J connectivity index is 2.25. The number of ether oxygens (including phenoxy) is 1. The van der Waals surface area contributed by atoms with Crippen molar-refractivity contribution in [3.05, 3.63) is 23.5 Å². The second-order valence-electron chi connectivity index (χ2n) is 2.57. The molecule has 0 aromatic carbocycles. The number of hydrogen-bond acceptors (Lipinski definition) is 4. The Bertz CT molecular complexity index is 403. The summed E-state index contributed by atoms with van der Waals surface area (Å²) in [5.74, 6) is -0.218. The molecule has 0 atom stereocenters. The molecule has 0 saturated carbocycles. The molecule has 2 aromatic rings. The highest BCUT2D eigenvalue weighted by atomic mass is 32.1. The molecular formula is C8H8N2O2S. The summed E-state index contributed by atoms with van der Waals surface area (Å²) in [7, 11) is 1.39. The zero-order valence-electron chi connectivity index (χ0n) is 7.06. The molecule has 68 valence electrons. The van der Waals surface area contributed by atoms with Crippen LogP contribution in [0.5, 0.6) is 0 Å². The van der Waals surface area contributed by atoms with Gasteiger partial charge >= 0.3 is 5.97 Å². The van der Waals surface area contributed by atoms with Crippen LogP contribution in [-0.4, -0.2) is 22.5 Å². The van der Waals surface area contributed by atoms with Crippen LogP contribution in [0.3, 0.4) is 0 Å². The van der Waals surface area contributed by atoms with Crippen LogP contribution in [0.1, 0.15) is 4.88 Å². The normalized spacial score (nSPS) is 10.5. The number of nitrogens with zero attached hydrogens (tertiary/aromatic N) is 2. The van der Waals surface area contributed by atoms with Gasteiger partial charge in [-0.05, 0) is 0 Å². The van der Waals surface area contributed by atoms with Gasteiger partial charge in [-0.3, -0.25) is 9.20 Å². The van der Waals surface area contributed by atoms with E-state index in [-0.39, 0.29) is 5.97 Å². The number of hydrogen-bond donors (Lipinski definition) is 0. The van der Waals surface area contributed by atoms with Crippen molar-refractivity contribution in [1.82, 2.24) is 9.38 Å². The molecule has 0 radical (unpaired) electrons. The number of fused-ring (bicyclic) bond motifs is 1. The number of carbonyl (C=O) groups excluding carboxylic acids is 1. The number of methoxy groups -OCH3 is 1. The summed E-state index contributed by atoms with van der Waals surface area (Å²) in [6, 6.07) is 0. The molecule has 2 heterocycles. The van der Waals surface area contributed by atoms with Gasteiger partial charge in [0.25, 0.3) is 0 Å². The zero-order chi connectivity index (χ0) is 9.26. The van der Waals surface area contributed by atoms with E-state index in [4.69, 9.17) is 0 Å². The van der Waals surface area contributed by atoms with E-state index < -0.39 is 0 Å². The predicted octanol–water partition coefficient (Wildman–Crippen LogP) is 1.11. The Hall–Kier alpha value is -1.36. The van der Waals surface area contributed by atoms with Gasteiger partial charge in [-0.25, -0.2) is 4.98 Å². The molecule has 0 aliphatic heterocycles. The van der Waals surface area contributed by atoms with Crippen LogP contribution in [0.25, 0.3) is 4.96 Å². The van der Waals surface area contributed by atoms with Crippen LogP contribution in [0.2, 0.25) is 0 Å². The van der Waals surface area contributed by atoms with Crippen LogP contribution in [0, 0.1) is 0 Å². The van der Waals surface area contributed by atoms with Gasteiger partial charge in [0.15, 0.2) is 4.96 Å². The second-order valence-corrected chi connectivity index (χ2v) is 3.66. The van der Waals surface area contributed by atoms with Crippen LogP contribution in [0.4, 0.5) is 0 Å². The molecule has 0 amide bonds. The van der Waals surface area contributed by atoms with Crippen molar-refractivity contribution in [2.24, 2.45) is 0 Å². The SMILES string of the molecule is COC(=O)Cc1cn2ccnc2s1. The van der Waals surface area contributed by atoms with E-state index in [0.717, 1.165) is 9.84 Å². The van der Waals surface area contributed by atoms with Crippen LogP contribution in [-0.2, 0) is 16.0 Å². The van der Waals surface area contributed by atoms with Crippen molar-refractivity contribution in [1.29, 1.82) is 0 Å². The van der Waals surface area contributed by atoms with E-state index >= 15 is 0 Å². The fourth-order valence-corrected chi connectivity index (χ4v) is 1.99. The van der Waals surface area contributed by atoms with Crippen molar-refractivity contribution in [2.75, 3.05) is 7.11 Å². The number of thiazole rings is 1. The minimum Gasteiger partial charge on any atom is -0.469 e. The second kappa shape index (κ2) is 3.18. The van der Waals surface area contributed by atoms with E-state index in [0.29, 0.717) is 6.42 Å². The molecule has 0 aliphatic rings. The lowest BCUT2D eigenvalue weighted by Gasteiger charge is -1.93. The minimum absolute atomic E-state index is 0.218. The van der Waals surface area contributed by atoms with E-state index in [9.17, 15) is 4.79 Å². The fraction of sp³-hybridized carbons (Fsp3) is 0.250. The summed E-state index contributed by atoms with van der Waals surface area (Å²) >= 11 is 1.50. The van der Waals surface area contributed by atoms with Crippen molar-refractivity contribution in [3.8, 4) is 0 Å². The Morgan fingerprint density at radius 2 is 2.62 bits per heavy atom. The largest absolute Gasteiger partial charge is 0.469 e. The van der Waals surface area contributed by atoms with E-state index in [2.05, 4.69) is 9.72 Å². The molecule has 4 nitrogen and oxygen atoms in total. The van der Waals surface area contributed by atoms with Gasteiger partial charge in [0.05, 0.1) is 13.5 Å². The molecule has 0 aliphatic carbocycles. The first-order valence-electron chi connectivity index (χ1n) is 3.78. The minimum atomic E-state index is -0.218. The Morgan fingerprint density at radius 3 is 3.31 bits per heavy atom. The maximum absolute atomic E-state index is 10.9. The zero-order valence-corrected chi connectivity index (χ0v) is 7.87. The summed E-state index contributed by atoms with van der Waals surface area (Å²) in [5.41, 5.74) is 0. The Labute approximate surface area is 78.8 Å².